The highest BCUT2D eigenvalue weighted by Gasteiger charge is 2.51. The zero-order valence-corrected chi connectivity index (χ0v) is 17.5. The zero-order chi connectivity index (χ0) is 20.9. The third-order valence-electron chi connectivity index (χ3n) is 4.92. The number of rotatable bonds is 10. The van der Waals surface area contributed by atoms with Gasteiger partial charge in [0.15, 0.2) is 17.3 Å². The normalized spacial score (nSPS) is 17.3. The topological polar surface area (TPSA) is 91.7 Å². The Hall–Kier alpha value is -1.91. The summed E-state index contributed by atoms with van der Waals surface area (Å²) in [6.07, 6.45) is 2.09. The fourth-order valence-corrected chi connectivity index (χ4v) is 3.84. The molecular formula is C22H34O5. The van der Waals surface area contributed by atoms with Crippen molar-refractivity contribution in [2.24, 2.45) is 17.3 Å². The van der Waals surface area contributed by atoms with E-state index in [0.717, 1.165) is 0 Å². The van der Waals surface area contributed by atoms with E-state index in [-0.39, 0.29) is 41.6 Å². The van der Waals surface area contributed by atoms with E-state index in [2.05, 4.69) is 0 Å². The smallest absolute Gasteiger partial charge is 0.183 e. The lowest BCUT2D eigenvalue weighted by Gasteiger charge is -2.36. The van der Waals surface area contributed by atoms with E-state index in [1.807, 2.05) is 41.5 Å². The molecule has 0 radical (unpaired) electrons. The summed E-state index contributed by atoms with van der Waals surface area (Å²) in [4.78, 5) is 38.9. The Kier molecular flexibility index (Phi) is 8.00. The maximum Gasteiger partial charge on any atom is 0.183 e. The average Bonchev–Trinajstić information content (AvgIpc) is 2.52. The molecule has 0 saturated carbocycles. The van der Waals surface area contributed by atoms with Gasteiger partial charge in [0, 0.05) is 12.8 Å². The number of hydrogen-bond donors (Lipinski definition) is 2. The number of aliphatic hydroxyl groups is 2. The molecule has 0 amide bonds. The van der Waals surface area contributed by atoms with Crippen molar-refractivity contribution in [3.63, 3.8) is 0 Å². The van der Waals surface area contributed by atoms with E-state index < -0.39 is 28.5 Å². The first-order chi connectivity index (χ1) is 12.5. The maximum atomic E-state index is 13.3. The number of carbonyl (C=O) groups excluding carboxylic acids is 3. The first-order valence-electron chi connectivity index (χ1n) is 10.0. The minimum atomic E-state index is -1.31. The minimum absolute atomic E-state index is 0.00617. The molecule has 0 unspecified atom stereocenters. The lowest BCUT2D eigenvalue weighted by molar-refractivity contribution is -0.129. The number of hydrogen-bond acceptors (Lipinski definition) is 5. The van der Waals surface area contributed by atoms with Crippen molar-refractivity contribution in [3.8, 4) is 0 Å². The van der Waals surface area contributed by atoms with Crippen molar-refractivity contribution < 1.29 is 24.6 Å². The summed E-state index contributed by atoms with van der Waals surface area (Å²) in [6, 6.07) is 0. The lowest BCUT2D eigenvalue weighted by Crippen LogP contribution is -2.42. The van der Waals surface area contributed by atoms with Gasteiger partial charge in [-0.1, -0.05) is 54.4 Å². The van der Waals surface area contributed by atoms with E-state index >= 15 is 0 Å². The van der Waals surface area contributed by atoms with Gasteiger partial charge < -0.3 is 10.2 Å². The van der Waals surface area contributed by atoms with Crippen LogP contribution in [-0.4, -0.2) is 27.6 Å². The Labute approximate surface area is 162 Å². The van der Waals surface area contributed by atoms with Gasteiger partial charge in [0.1, 0.15) is 17.1 Å². The molecule has 0 atom stereocenters. The zero-order valence-electron chi connectivity index (χ0n) is 17.5. The van der Waals surface area contributed by atoms with Gasteiger partial charge in [-0.05, 0) is 24.7 Å². The van der Waals surface area contributed by atoms with Gasteiger partial charge in [-0.3, -0.25) is 14.4 Å². The van der Waals surface area contributed by atoms with Crippen LogP contribution in [0.15, 0.2) is 22.7 Å². The molecule has 0 aromatic carbocycles. The molecule has 1 rings (SSSR count). The van der Waals surface area contributed by atoms with Crippen molar-refractivity contribution in [1.82, 2.24) is 0 Å². The van der Waals surface area contributed by atoms with Crippen molar-refractivity contribution in [1.29, 1.82) is 0 Å². The van der Waals surface area contributed by atoms with Crippen LogP contribution in [0.5, 0.6) is 0 Å². The molecule has 5 nitrogen and oxygen atoms in total. The van der Waals surface area contributed by atoms with E-state index in [0.29, 0.717) is 25.7 Å². The number of ketones is 3. The Morgan fingerprint density at radius 3 is 1.63 bits per heavy atom. The monoisotopic (exact) mass is 378 g/mol. The molecule has 152 valence electrons. The molecule has 0 heterocycles. The van der Waals surface area contributed by atoms with Gasteiger partial charge in [-0.25, -0.2) is 0 Å². The van der Waals surface area contributed by atoms with Crippen LogP contribution in [0.1, 0.15) is 80.1 Å². The summed E-state index contributed by atoms with van der Waals surface area (Å²) >= 11 is 0. The molecule has 5 heteroatoms. The molecule has 0 aromatic rings. The fraction of sp³-hybridized carbons (Fsp3) is 0.682. The number of aliphatic hydroxyl groups excluding tert-OH is 2. The van der Waals surface area contributed by atoms with Crippen LogP contribution >= 0.6 is 0 Å². The third-order valence-corrected chi connectivity index (χ3v) is 4.92. The summed E-state index contributed by atoms with van der Waals surface area (Å²) in [5, 5.41) is 21.7. The summed E-state index contributed by atoms with van der Waals surface area (Å²) in [6.45, 7) is 11.2. The molecule has 0 fully saturated rings. The Bertz CT molecular complexity index is 658. The quantitative estimate of drug-likeness (QED) is 0.521. The summed E-state index contributed by atoms with van der Waals surface area (Å²) < 4.78 is 0. The first-order valence-corrected chi connectivity index (χ1v) is 10.0. The second kappa shape index (κ2) is 9.34. The Morgan fingerprint density at radius 1 is 0.852 bits per heavy atom. The molecular weight excluding hydrogens is 344 g/mol. The summed E-state index contributed by atoms with van der Waals surface area (Å²) in [5.41, 5.74) is -1.85. The van der Waals surface area contributed by atoms with Crippen LogP contribution in [0.25, 0.3) is 0 Å². The van der Waals surface area contributed by atoms with Crippen molar-refractivity contribution >= 4 is 17.3 Å². The number of allylic oxidation sites excluding steroid dienone is 3. The highest BCUT2D eigenvalue weighted by atomic mass is 16.3. The van der Waals surface area contributed by atoms with Gasteiger partial charge in [0.25, 0.3) is 0 Å². The average molecular weight is 379 g/mol. The van der Waals surface area contributed by atoms with Crippen LogP contribution in [0.3, 0.4) is 0 Å². The van der Waals surface area contributed by atoms with Crippen molar-refractivity contribution in [3.05, 3.63) is 22.7 Å². The number of carbonyl (C=O) groups is 3. The number of Topliss-reactive ketones (excluding diaryl/α,β-unsaturated/α-hetero) is 3. The maximum absolute atomic E-state index is 13.3. The third kappa shape index (κ3) is 4.69. The van der Waals surface area contributed by atoms with Crippen LogP contribution in [-0.2, 0) is 14.4 Å². The second-order valence-electron chi connectivity index (χ2n) is 8.40. The fourth-order valence-electron chi connectivity index (χ4n) is 3.84. The predicted octanol–water partition coefficient (Wildman–Crippen LogP) is 5.01. The first kappa shape index (κ1) is 23.1. The Balaban J connectivity index is 3.71. The van der Waals surface area contributed by atoms with Gasteiger partial charge in [0.05, 0.1) is 11.0 Å². The molecule has 0 aliphatic heterocycles. The largest absolute Gasteiger partial charge is 0.510 e. The standard InChI is InChI=1S/C22H34O5/c1-7-9-22(10-8-2)20(26)17(15(23)11-13(3)4)19(25)18(21(22)27)16(24)12-14(5)6/h13-14,25-26H,7-12H2,1-6H3. The molecule has 0 saturated heterocycles. The highest BCUT2D eigenvalue weighted by Crippen LogP contribution is 2.46. The second-order valence-corrected chi connectivity index (χ2v) is 8.40. The molecule has 2 N–H and O–H groups in total. The van der Waals surface area contributed by atoms with Gasteiger partial charge >= 0.3 is 0 Å². The van der Waals surface area contributed by atoms with Crippen molar-refractivity contribution in [2.45, 2.75) is 80.1 Å². The van der Waals surface area contributed by atoms with E-state index in [9.17, 15) is 24.6 Å². The SMILES string of the molecule is CCCC1(CCC)C(=O)C(C(=O)CC(C)C)=C(O)C(C(=O)CC(C)C)=C1O. The molecule has 0 aromatic heterocycles. The Morgan fingerprint density at radius 2 is 1.26 bits per heavy atom. The van der Waals surface area contributed by atoms with Crippen LogP contribution in [0, 0.1) is 17.3 Å². The van der Waals surface area contributed by atoms with Gasteiger partial charge in [0.2, 0.25) is 0 Å². The highest BCUT2D eigenvalue weighted by molar-refractivity contribution is 6.26. The van der Waals surface area contributed by atoms with Gasteiger partial charge in [-0.15, -0.1) is 0 Å². The van der Waals surface area contributed by atoms with Crippen LogP contribution < -0.4 is 0 Å². The summed E-state index contributed by atoms with van der Waals surface area (Å²) in [5.74, 6) is -2.42. The predicted molar refractivity (Wildman–Crippen MR) is 105 cm³/mol. The molecule has 0 spiro atoms. The van der Waals surface area contributed by atoms with E-state index in [4.69, 9.17) is 0 Å². The van der Waals surface area contributed by atoms with E-state index in [1.165, 1.54) is 0 Å². The van der Waals surface area contributed by atoms with Crippen molar-refractivity contribution in [2.75, 3.05) is 0 Å². The summed E-state index contributed by atoms with van der Waals surface area (Å²) in [7, 11) is 0. The van der Waals surface area contributed by atoms with Crippen LogP contribution in [0.2, 0.25) is 0 Å². The molecule has 27 heavy (non-hydrogen) atoms. The van der Waals surface area contributed by atoms with E-state index in [1.54, 1.807) is 0 Å². The minimum Gasteiger partial charge on any atom is -0.510 e. The van der Waals surface area contributed by atoms with Crippen LogP contribution in [0.4, 0.5) is 0 Å². The molecule has 1 aliphatic rings. The van der Waals surface area contributed by atoms with Gasteiger partial charge in [-0.2, -0.15) is 0 Å². The molecule has 0 bridgehead atoms. The lowest BCUT2D eigenvalue weighted by atomic mass is 9.65. The molecule has 1 aliphatic carbocycles.